The van der Waals surface area contributed by atoms with E-state index in [0.29, 0.717) is 54.6 Å². The molecule has 0 unspecified atom stereocenters. The van der Waals surface area contributed by atoms with Crippen LogP contribution in [0.15, 0.2) is 59.0 Å². The lowest BCUT2D eigenvalue weighted by molar-refractivity contribution is -0.141. The van der Waals surface area contributed by atoms with E-state index in [1.54, 1.807) is 0 Å². The van der Waals surface area contributed by atoms with Crippen molar-refractivity contribution in [1.29, 1.82) is 0 Å². The van der Waals surface area contributed by atoms with Gasteiger partial charge in [0, 0.05) is 23.3 Å². The fourth-order valence-corrected chi connectivity index (χ4v) is 10.8. The Balaban J connectivity index is 1.06. The Morgan fingerprint density at radius 3 is 2.41 bits per heavy atom. The molecule has 2 aromatic carbocycles. The van der Waals surface area contributed by atoms with E-state index >= 15 is 0 Å². The minimum absolute atomic E-state index is 0.00421. The number of rotatable bonds is 8. The molecule has 4 aromatic rings. The first-order valence-corrected chi connectivity index (χ1v) is 24.4. The number of amides is 4. The van der Waals surface area contributed by atoms with Crippen molar-refractivity contribution in [3.8, 4) is 17.3 Å². The minimum Gasteiger partial charge on any atom is -0.470 e. The summed E-state index contributed by atoms with van der Waals surface area (Å²) in [7, 11) is -3.92. The number of aryl methyl sites for hydroxylation is 1. The second-order valence-electron chi connectivity index (χ2n) is 19.4. The van der Waals surface area contributed by atoms with Crippen molar-refractivity contribution in [2.45, 2.75) is 152 Å². The van der Waals surface area contributed by atoms with Crippen molar-refractivity contribution in [1.82, 2.24) is 30.2 Å². The number of fused-ring (bicyclic) bond motifs is 5. The monoisotopic (exact) mass is 894 g/mol. The maximum absolute atomic E-state index is 14.9. The third-order valence-corrected chi connectivity index (χ3v) is 15.3. The molecule has 2 aliphatic heterocycles. The van der Waals surface area contributed by atoms with Crippen molar-refractivity contribution in [3.63, 3.8) is 0 Å². The molecule has 5 aliphatic rings. The maximum atomic E-state index is 14.9. The fraction of sp³-hybridized carbons (Fsp3) is 0.542. The Morgan fingerprint density at radius 2 is 1.67 bits per heavy atom. The van der Waals surface area contributed by atoms with E-state index in [2.05, 4.69) is 48.3 Å². The Labute approximate surface area is 373 Å². The Bertz CT molecular complexity index is 2610. The van der Waals surface area contributed by atoms with E-state index in [9.17, 15) is 27.6 Å². The lowest BCUT2D eigenvalue weighted by atomic mass is 9.87. The molecule has 0 bridgehead atoms. The number of carbonyl (C=O) groups is 4. The highest BCUT2D eigenvalue weighted by molar-refractivity contribution is 7.91. The number of benzene rings is 2. The molecule has 0 spiro atoms. The molecule has 0 radical (unpaired) electrons. The summed E-state index contributed by atoms with van der Waals surface area (Å²) < 4.78 is 47.2. The number of allylic oxidation sites excluding steroid dienone is 1. The summed E-state index contributed by atoms with van der Waals surface area (Å²) in [6.07, 6.45) is 9.88. The number of ether oxygens (including phenoxy) is 2. The van der Waals surface area contributed by atoms with Crippen LogP contribution in [0.5, 0.6) is 5.88 Å². The zero-order chi connectivity index (χ0) is 45.0. The summed E-state index contributed by atoms with van der Waals surface area (Å²) in [5, 5.41) is 5.91. The molecular weight excluding hydrogens is 837 g/mol. The molecule has 340 valence electrons. The zero-order valence-corrected chi connectivity index (χ0v) is 37.8. The number of hydrogen-bond acceptors (Lipinski definition) is 11. The van der Waals surface area contributed by atoms with E-state index in [-0.39, 0.29) is 36.8 Å². The van der Waals surface area contributed by atoms with Crippen LogP contribution in [-0.2, 0) is 34.6 Å². The van der Waals surface area contributed by atoms with Crippen molar-refractivity contribution in [2.24, 2.45) is 5.92 Å². The van der Waals surface area contributed by atoms with Gasteiger partial charge in [-0.2, -0.15) is 4.98 Å². The highest BCUT2D eigenvalue weighted by Crippen LogP contribution is 2.46. The number of para-hydroxylation sites is 1. The lowest BCUT2D eigenvalue weighted by Crippen LogP contribution is -2.58. The predicted octanol–water partition coefficient (Wildman–Crippen LogP) is 7.04. The van der Waals surface area contributed by atoms with Crippen LogP contribution in [0, 0.1) is 12.8 Å². The first-order chi connectivity index (χ1) is 30.6. The molecule has 3 N–H and O–H groups in total. The number of furan rings is 1. The van der Waals surface area contributed by atoms with Gasteiger partial charge in [0.15, 0.2) is 5.82 Å². The van der Waals surface area contributed by atoms with Crippen LogP contribution in [0.4, 0.5) is 4.79 Å². The molecule has 9 rings (SSSR count). The molecule has 3 saturated carbocycles. The first-order valence-electron chi connectivity index (χ1n) is 22.9. The maximum Gasteiger partial charge on any atom is 0.408 e. The van der Waals surface area contributed by atoms with Crippen molar-refractivity contribution in [3.05, 3.63) is 65.7 Å². The van der Waals surface area contributed by atoms with E-state index in [1.807, 2.05) is 49.4 Å². The van der Waals surface area contributed by atoms with Gasteiger partial charge in [-0.1, -0.05) is 82.2 Å². The van der Waals surface area contributed by atoms with Gasteiger partial charge in [0.2, 0.25) is 27.4 Å². The number of aromatic nitrogens is 2. The fourth-order valence-electron chi connectivity index (χ4n) is 9.45. The molecule has 64 heavy (non-hydrogen) atoms. The number of alkyl carbamates (subject to hydrolysis) is 1. The van der Waals surface area contributed by atoms with Gasteiger partial charge >= 0.3 is 6.09 Å². The highest BCUT2D eigenvalue weighted by Gasteiger charge is 2.62. The normalized spacial score (nSPS) is 26.3. The van der Waals surface area contributed by atoms with Gasteiger partial charge in [-0.15, -0.1) is 0 Å². The second-order valence-corrected chi connectivity index (χ2v) is 21.4. The van der Waals surface area contributed by atoms with E-state index < -0.39 is 68.7 Å². The third kappa shape index (κ3) is 8.94. The largest absolute Gasteiger partial charge is 0.470 e. The zero-order valence-electron chi connectivity index (χ0n) is 37.0. The smallest absolute Gasteiger partial charge is 0.408 e. The first kappa shape index (κ1) is 43.7. The van der Waals surface area contributed by atoms with Crippen molar-refractivity contribution in [2.75, 3.05) is 6.54 Å². The Kier molecular flexibility index (Phi) is 11.7. The van der Waals surface area contributed by atoms with Crippen LogP contribution in [0.1, 0.15) is 115 Å². The van der Waals surface area contributed by atoms with Gasteiger partial charge in [-0.3, -0.25) is 19.1 Å². The van der Waals surface area contributed by atoms with Crippen LogP contribution in [0.3, 0.4) is 0 Å². The van der Waals surface area contributed by atoms with Crippen LogP contribution in [0.2, 0.25) is 0 Å². The molecule has 16 heteroatoms. The quantitative estimate of drug-likeness (QED) is 0.153. The highest BCUT2D eigenvalue weighted by atomic mass is 32.2. The minimum atomic E-state index is -3.92. The van der Waals surface area contributed by atoms with Gasteiger partial charge < -0.3 is 29.4 Å². The summed E-state index contributed by atoms with van der Waals surface area (Å²) in [5.74, 6) is -1.83. The molecule has 3 aliphatic carbocycles. The van der Waals surface area contributed by atoms with Gasteiger partial charge in [0.25, 0.3) is 11.8 Å². The van der Waals surface area contributed by atoms with Crippen LogP contribution < -0.4 is 20.1 Å². The second kappa shape index (κ2) is 17.1. The van der Waals surface area contributed by atoms with Gasteiger partial charge in [0.1, 0.15) is 40.9 Å². The molecule has 4 fully saturated rings. The van der Waals surface area contributed by atoms with E-state index in [4.69, 9.17) is 23.9 Å². The number of sulfonamides is 1. The van der Waals surface area contributed by atoms with Crippen LogP contribution in [-0.4, -0.2) is 88.7 Å². The number of nitrogens with zero attached hydrogens (tertiary/aromatic N) is 3. The molecule has 1 saturated heterocycles. The van der Waals surface area contributed by atoms with Gasteiger partial charge in [-0.05, 0) is 93.7 Å². The third-order valence-electron chi connectivity index (χ3n) is 13.5. The lowest BCUT2D eigenvalue weighted by Gasteiger charge is -2.30. The molecule has 4 amide bonds. The standard InChI is InChI=1S/C48H58N6O9S/c1-28-13-12-17-35-38-40(63-39(28)35)43(51-41(50-38)29-19-21-30(22-20-29)47(2,3)4)61-33-25-37-42(55)52-48(45(57)53-64(59,60)34-23-24-34)26-31(48)14-8-6-5-7-9-18-36(44(56)54(37)27-33)49-46(58)62-32-15-10-11-16-32/h8,12-14,17,19-22,31-34,36-37H,5-7,9-11,15-16,18,23-27H2,1-4H3,(H,49,58)(H,52,55)(H,53,57)/b14-8-/t31-,33-,36+,37+,48-/m1/s1. The molecule has 2 aromatic heterocycles. The summed E-state index contributed by atoms with van der Waals surface area (Å²) in [6.45, 7) is 8.31. The summed E-state index contributed by atoms with van der Waals surface area (Å²) >= 11 is 0. The average molecular weight is 895 g/mol. The van der Waals surface area contributed by atoms with Gasteiger partial charge in [-0.25, -0.2) is 18.2 Å². The predicted molar refractivity (Wildman–Crippen MR) is 240 cm³/mol. The van der Waals surface area contributed by atoms with Crippen LogP contribution >= 0.6 is 0 Å². The van der Waals surface area contributed by atoms with E-state index in [1.165, 1.54) is 4.90 Å². The summed E-state index contributed by atoms with van der Waals surface area (Å²) in [6, 6.07) is 11.7. The number of hydrogen-bond donors (Lipinski definition) is 3. The number of nitrogens with one attached hydrogen (secondary N) is 3. The SMILES string of the molecule is Cc1cccc2c1oc1c(O[C@@H]3C[C@H]4C(=O)N[C@]5(C(=O)NS(=O)(=O)C6CC6)C[C@H]5/C=C\CCCCC[C@H](NC(=O)OC5CCCC5)C(=O)N4C3)nc(-c3ccc(C(C)(C)C)cc3)nc12. The van der Waals surface area contributed by atoms with Crippen molar-refractivity contribution < 1.29 is 41.5 Å². The molecule has 5 atom stereocenters. The van der Waals surface area contributed by atoms with Gasteiger partial charge in [0.05, 0.1) is 11.8 Å². The van der Waals surface area contributed by atoms with Crippen molar-refractivity contribution >= 4 is 55.9 Å². The molecule has 15 nitrogen and oxygen atoms in total. The Hall–Kier alpha value is -5.51. The summed E-state index contributed by atoms with van der Waals surface area (Å²) in [5.41, 5.74) is 2.69. The molecular formula is C48H58N6O9S. The summed E-state index contributed by atoms with van der Waals surface area (Å²) in [4.78, 5) is 68.2. The Morgan fingerprint density at radius 1 is 0.922 bits per heavy atom. The van der Waals surface area contributed by atoms with Crippen LogP contribution in [0.25, 0.3) is 33.5 Å². The number of carbonyl (C=O) groups excluding carboxylic acids is 4. The average Bonchev–Trinajstić information content (AvgIpc) is 4.06. The van der Waals surface area contributed by atoms with E-state index in [0.717, 1.165) is 60.6 Å². The molecule has 4 heterocycles. The topological polar surface area (TPSA) is 199 Å².